The van der Waals surface area contributed by atoms with Crippen molar-refractivity contribution in [1.82, 2.24) is 14.3 Å². The second-order valence-corrected chi connectivity index (χ2v) is 6.87. The average molecular weight is 360 g/mol. The van der Waals surface area contributed by atoms with Crippen molar-refractivity contribution in [2.24, 2.45) is 0 Å². The molecule has 0 bridgehead atoms. The predicted molar refractivity (Wildman–Crippen MR) is 76.0 cm³/mol. The summed E-state index contributed by atoms with van der Waals surface area (Å²) in [5, 5.41) is 0. The highest BCUT2D eigenvalue weighted by Crippen LogP contribution is 2.34. The molecular weight excluding hydrogens is 349 g/mol. The van der Waals surface area contributed by atoms with E-state index in [-0.39, 0.29) is 19.0 Å². The molecule has 0 unspecified atom stereocenters. The van der Waals surface area contributed by atoms with E-state index in [0.717, 1.165) is 16.4 Å². The van der Waals surface area contributed by atoms with E-state index in [1.165, 1.54) is 18.3 Å². The van der Waals surface area contributed by atoms with Gasteiger partial charge in [0, 0.05) is 18.3 Å². The Hall–Kier alpha value is -2.40. The van der Waals surface area contributed by atoms with Crippen molar-refractivity contribution in [3.05, 3.63) is 41.7 Å². The number of hydrogen-bond donors (Lipinski definition) is 1. The Bertz CT molecular complexity index is 886. The van der Waals surface area contributed by atoms with E-state index in [2.05, 4.69) is 14.7 Å². The number of nitrogen functional groups attached to an aromatic ring is 1. The van der Waals surface area contributed by atoms with Gasteiger partial charge in [0.05, 0.1) is 12.2 Å². The third kappa shape index (κ3) is 3.12. The van der Waals surface area contributed by atoms with Crippen LogP contribution in [0.4, 0.5) is 19.1 Å². The van der Waals surface area contributed by atoms with Crippen molar-refractivity contribution in [2.75, 3.05) is 5.73 Å². The number of nitrogens with two attached hydrogens (primary N) is 1. The van der Waals surface area contributed by atoms with Crippen LogP contribution in [0, 0.1) is 0 Å². The molecule has 0 spiro atoms. The van der Waals surface area contributed by atoms with Crippen LogP contribution in [0.5, 0.6) is 5.75 Å². The topological polar surface area (TPSA) is 98.4 Å². The first-order chi connectivity index (χ1) is 11.2. The van der Waals surface area contributed by atoms with Crippen LogP contribution < -0.4 is 10.5 Å². The zero-order chi connectivity index (χ0) is 17.5. The van der Waals surface area contributed by atoms with E-state index in [1.807, 2.05) is 0 Å². The van der Waals surface area contributed by atoms with Crippen molar-refractivity contribution in [2.45, 2.75) is 24.3 Å². The maximum absolute atomic E-state index is 12.7. The van der Waals surface area contributed by atoms with Crippen molar-refractivity contribution in [1.29, 1.82) is 0 Å². The number of anilines is 1. The normalized spacial score (nSPS) is 15.3. The van der Waals surface area contributed by atoms with Gasteiger partial charge < -0.3 is 10.5 Å². The lowest BCUT2D eigenvalue weighted by atomic mass is 10.3. The Kier molecular flexibility index (Phi) is 3.84. The van der Waals surface area contributed by atoms with Crippen LogP contribution in [0.15, 0.2) is 35.4 Å². The number of fused-ring (bicyclic) bond motifs is 1. The number of alkyl halides is 3. The van der Waals surface area contributed by atoms with Gasteiger partial charge in [-0.2, -0.15) is 4.31 Å². The number of halogens is 3. The highest BCUT2D eigenvalue weighted by molar-refractivity contribution is 7.89. The molecule has 0 fully saturated rings. The molecular formula is C13H11F3N4O3S. The molecule has 0 atom stereocenters. The fraction of sp³-hybridized carbons (Fsp3) is 0.231. The van der Waals surface area contributed by atoms with Crippen molar-refractivity contribution >= 4 is 16.0 Å². The van der Waals surface area contributed by atoms with Crippen LogP contribution in [0.25, 0.3) is 0 Å². The monoisotopic (exact) mass is 360 g/mol. The maximum atomic E-state index is 12.7. The molecule has 7 nitrogen and oxygen atoms in total. The van der Waals surface area contributed by atoms with Gasteiger partial charge in [0.2, 0.25) is 16.0 Å². The first kappa shape index (κ1) is 16.5. The zero-order valence-corrected chi connectivity index (χ0v) is 12.8. The molecule has 2 N–H and O–H groups in total. The fourth-order valence-electron chi connectivity index (χ4n) is 2.32. The number of benzene rings is 1. The molecule has 1 aromatic carbocycles. The molecule has 0 saturated heterocycles. The fourth-order valence-corrected chi connectivity index (χ4v) is 3.81. The number of aromatic nitrogens is 2. The molecule has 0 radical (unpaired) electrons. The Morgan fingerprint density at radius 2 is 1.92 bits per heavy atom. The molecule has 0 amide bonds. The minimum Gasteiger partial charge on any atom is -0.404 e. The average Bonchev–Trinajstić information content (AvgIpc) is 2.89. The van der Waals surface area contributed by atoms with Crippen LogP contribution in [0.3, 0.4) is 0 Å². The minimum atomic E-state index is -5.00. The summed E-state index contributed by atoms with van der Waals surface area (Å²) in [6.45, 7) is -0.164. The summed E-state index contributed by atoms with van der Waals surface area (Å²) in [6, 6.07) is 4.57. The van der Waals surface area contributed by atoms with Gasteiger partial charge in [0.1, 0.15) is 10.6 Å². The molecule has 1 aliphatic heterocycles. The van der Waals surface area contributed by atoms with Gasteiger partial charge in [0.15, 0.2) is 0 Å². The van der Waals surface area contributed by atoms with Gasteiger partial charge in [0.25, 0.3) is 0 Å². The van der Waals surface area contributed by atoms with E-state index in [0.29, 0.717) is 11.3 Å². The molecule has 0 saturated carbocycles. The van der Waals surface area contributed by atoms with Crippen molar-refractivity contribution in [3.63, 3.8) is 0 Å². The van der Waals surface area contributed by atoms with Crippen LogP contribution in [0.1, 0.15) is 11.3 Å². The molecule has 11 heteroatoms. The molecule has 128 valence electrons. The molecule has 24 heavy (non-hydrogen) atoms. The summed E-state index contributed by atoms with van der Waals surface area (Å²) in [4.78, 5) is 7.15. The van der Waals surface area contributed by atoms with E-state index in [4.69, 9.17) is 5.73 Å². The van der Waals surface area contributed by atoms with Gasteiger partial charge in [-0.3, -0.25) is 0 Å². The Balaban J connectivity index is 1.96. The first-order valence-electron chi connectivity index (χ1n) is 6.62. The highest BCUT2D eigenvalue weighted by Gasteiger charge is 2.37. The summed E-state index contributed by atoms with van der Waals surface area (Å²) in [7, 11) is -4.22. The van der Waals surface area contributed by atoms with Gasteiger partial charge >= 0.3 is 6.36 Å². The maximum Gasteiger partial charge on any atom is 0.573 e. The third-order valence-electron chi connectivity index (χ3n) is 3.34. The van der Waals surface area contributed by atoms with Crippen LogP contribution in [0.2, 0.25) is 0 Å². The van der Waals surface area contributed by atoms with Crippen LogP contribution >= 0.6 is 0 Å². The largest absolute Gasteiger partial charge is 0.573 e. The predicted octanol–water partition coefficient (Wildman–Crippen LogP) is 1.66. The molecule has 3 rings (SSSR count). The van der Waals surface area contributed by atoms with E-state index in [9.17, 15) is 21.6 Å². The van der Waals surface area contributed by atoms with E-state index in [1.54, 1.807) is 0 Å². The zero-order valence-electron chi connectivity index (χ0n) is 12.0. The molecule has 1 aliphatic rings. The second kappa shape index (κ2) is 5.60. The third-order valence-corrected chi connectivity index (χ3v) is 5.17. The summed E-state index contributed by atoms with van der Waals surface area (Å²) in [6.07, 6.45) is -3.61. The number of nitrogens with zero attached hydrogens (tertiary/aromatic N) is 3. The van der Waals surface area contributed by atoms with Gasteiger partial charge in [-0.15, -0.1) is 13.2 Å². The Labute approximate surface area is 134 Å². The quantitative estimate of drug-likeness (QED) is 0.894. The first-order valence-corrected chi connectivity index (χ1v) is 8.06. The lowest BCUT2D eigenvalue weighted by Gasteiger charge is -2.18. The number of ether oxygens (including phenoxy) is 1. The summed E-state index contributed by atoms with van der Waals surface area (Å²) in [5.41, 5.74) is 6.42. The standard InChI is InChI=1S/C13H11F3N4O3S/c14-13(15,16)23-10-3-1-2-4-11(10)24(21,22)20-6-8-5-18-12(17)19-9(8)7-20/h1-5H,6-7H2,(H2,17,18,19). The van der Waals surface area contributed by atoms with Crippen LogP contribution in [-0.4, -0.2) is 29.1 Å². The SMILES string of the molecule is Nc1ncc2c(n1)CN(S(=O)(=O)c1ccccc1OC(F)(F)F)C2. The molecule has 2 aromatic rings. The number of para-hydroxylation sites is 1. The van der Waals surface area contributed by atoms with Gasteiger partial charge in [-0.05, 0) is 12.1 Å². The van der Waals surface area contributed by atoms with Crippen LogP contribution in [-0.2, 0) is 23.1 Å². The smallest absolute Gasteiger partial charge is 0.404 e. The van der Waals surface area contributed by atoms with Gasteiger partial charge in [-0.1, -0.05) is 12.1 Å². The molecule has 1 aromatic heterocycles. The molecule has 2 heterocycles. The summed E-state index contributed by atoms with van der Waals surface area (Å²) in [5.74, 6) is -0.791. The van der Waals surface area contributed by atoms with E-state index < -0.39 is 27.0 Å². The Morgan fingerprint density at radius 1 is 1.21 bits per heavy atom. The number of rotatable bonds is 3. The lowest BCUT2D eigenvalue weighted by Crippen LogP contribution is -2.27. The van der Waals surface area contributed by atoms with Crippen molar-refractivity contribution in [3.8, 4) is 5.75 Å². The second-order valence-electron chi connectivity index (χ2n) is 4.97. The number of sulfonamides is 1. The minimum absolute atomic E-state index is 0.00574. The Morgan fingerprint density at radius 3 is 2.62 bits per heavy atom. The highest BCUT2D eigenvalue weighted by atomic mass is 32.2. The van der Waals surface area contributed by atoms with Crippen molar-refractivity contribution < 1.29 is 26.3 Å². The summed E-state index contributed by atoms with van der Waals surface area (Å²) >= 11 is 0. The molecule has 0 aliphatic carbocycles. The van der Waals surface area contributed by atoms with E-state index >= 15 is 0 Å². The summed E-state index contributed by atoms with van der Waals surface area (Å²) < 4.78 is 67.6. The lowest BCUT2D eigenvalue weighted by molar-refractivity contribution is -0.275. The number of hydrogen-bond acceptors (Lipinski definition) is 6. The van der Waals surface area contributed by atoms with Gasteiger partial charge in [-0.25, -0.2) is 18.4 Å².